The second kappa shape index (κ2) is 8.97. The van der Waals surface area contributed by atoms with Crippen LogP contribution in [0.2, 0.25) is 0 Å². The van der Waals surface area contributed by atoms with Crippen molar-refractivity contribution in [3.8, 4) is 10.4 Å². The molecule has 158 valence electrons. The van der Waals surface area contributed by atoms with Crippen LogP contribution in [0.4, 0.5) is 14.9 Å². The molecule has 0 aliphatic heterocycles. The predicted octanol–water partition coefficient (Wildman–Crippen LogP) is 3.91. The van der Waals surface area contributed by atoms with Gasteiger partial charge in [-0.1, -0.05) is 12.1 Å². The zero-order valence-electron chi connectivity index (χ0n) is 16.3. The number of carbonyl (C=O) groups is 3. The van der Waals surface area contributed by atoms with Crippen molar-refractivity contribution in [1.29, 1.82) is 0 Å². The SMILES string of the molecule is O=C(Nc1ccc(C(=O)NNC(=O)c2ccc(-c3ccc(F)cc3)s2)cc1)NC1CC1. The van der Waals surface area contributed by atoms with Crippen molar-refractivity contribution in [2.75, 3.05) is 5.32 Å². The number of thiophene rings is 1. The van der Waals surface area contributed by atoms with E-state index in [1.54, 1.807) is 48.5 Å². The minimum atomic E-state index is -0.488. The summed E-state index contributed by atoms with van der Waals surface area (Å²) in [7, 11) is 0. The fourth-order valence-electron chi connectivity index (χ4n) is 2.76. The summed E-state index contributed by atoms with van der Waals surface area (Å²) in [5.74, 6) is -1.27. The fourth-order valence-corrected chi connectivity index (χ4v) is 3.67. The first-order valence-corrected chi connectivity index (χ1v) is 10.4. The molecule has 0 radical (unpaired) electrons. The Morgan fingerprint density at radius 1 is 0.839 bits per heavy atom. The van der Waals surface area contributed by atoms with Crippen LogP contribution in [0, 0.1) is 5.82 Å². The van der Waals surface area contributed by atoms with Crippen molar-refractivity contribution in [3.05, 3.63) is 76.9 Å². The van der Waals surface area contributed by atoms with Crippen molar-refractivity contribution in [1.82, 2.24) is 16.2 Å². The Hall–Kier alpha value is -3.72. The van der Waals surface area contributed by atoms with Crippen molar-refractivity contribution in [2.24, 2.45) is 0 Å². The second-order valence-electron chi connectivity index (χ2n) is 7.03. The predicted molar refractivity (Wildman–Crippen MR) is 116 cm³/mol. The van der Waals surface area contributed by atoms with Gasteiger partial charge in [0.05, 0.1) is 4.88 Å². The minimum Gasteiger partial charge on any atom is -0.335 e. The van der Waals surface area contributed by atoms with Gasteiger partial charge in [0.15, 0.2) is 0 Å². The molecule has 4 N–H and O–H groups in total. The maximum absolute atomic E-state index is 13.1. The number of anilines is 1. The van der Waals surface area contributed by atoms with Crippen LogP contribution in [0.3, 0.4) is 0 Å². The van der Waals surface area contributed by atoms with Crippen molar-refractivity contribution >= 4 is 34.9 Å². The number of urea groups is 1. The quantitative estimate of drug-likeness (QED) is 0.455. The van der Waals surface area contributed by atoms with Gasteiger partial charge in [-0.15, -0.1) is 11.3 Å². The summed E-state index contributed by atoms with van der Waals surface area (Å²) >= 11 is 1.23. The molecule has 1 aliphatic rings. The van der Waals surface area contributed by atoms with E-state index >= 15 is 0 Å². The summed E-state index contributed by atoms with van der Waals surface area (Å²) in [6, 6.07) is 15.7. The lowest BCUT2D eigenvalue weighted by Gasteiger charge is -2.08. The van der Waals surface area contributed by atoms with Crippen LogP contribution in [-0.2, 0) is 0 Å². The van der Waals surface area contributed by atoms with E-state index in [0.717, 1.165) is 23.3 Å². The average molecular weight is 438 g/mol. The zero-order chi connectivity index (χ0) is 21.8. The molecule has 7 nitrogen and oxygen atoms in total. The molecule has 3 aromatic rings. The molecule has 9 heteroatoms. The number of hydrogen-bond donors (Lipinski definition) is 4. The van der Waals surface area contributed by atoms with E-state index in [2.05, 4.69) is 21.5 Å². The monoisotopic (exact) mass is 438 g/mol. The topological polar surface area (TPSA) is 99.3 Å². The molecule has 1 aromatic heterocycles. The van der Waals surface area contributed by atoms with Crippen LogP contribution < -0.4 is 21.5 Å². The fraction of sp³-hybridized carbons (Fsp3) is 0.136. The average Bonchev–Trinajstić information content (AvgIpc) is 3.44. The van der Waals surface area contributed by atoms with Gasteiger partial charge in [0, 0.05) is 22.2 Å². The van der Waals surface area contributed by atoms with Crippen LogP contribution in [0.5, 0.6) is 0 Å². The Morgan fingerprint density at radius 2 is 1.52 bits per heavy atom. The van der Waals surface area contributed by atoms with Crippen LogP contribution in [-0.4, -0.2) is 23.9 Å². The zero-order valence-corrected chi connectivity index (χ0v) is 17.1. The summed E-state index contributed by atoms with van der Waals surface area (Å²) in [4.78, 5) is 37.5. The van der Waals surface area contributed by atoms with E-state index in [9.17, 15) is 18.8 Å². The van der Waals surface area contributed by atoms with E-state index in [1.165, 1.54) is 23.5 Å². The number of carbonyl (C=O) groups excluding carboxylic acids is 3. The van der Waals surface area contributed by atoms with Gasteiger partial charge in [-0.25, -0.2) is 9.18 Å². The summed E-state index contributed by atoms with van der Waals surface area (Å²) < 4.78 is 13.1. The van der Waals surface area contributed by atoms with Gasteiger partial charge in [-0.05, 0) is 66.9 Å². The molecule has 4 rings (SSSR count). The van der Waals surface area contributed by atoms with E-state index in [4.69, 9.17) is 0 Å². The highest BCUT2D eigenvalue weighted by atomic mass is 32.1. The molecule has 0 saturated heterocycles. The molecule has 1 heterocycles. The Kier molecular flexibility index (Phi) is 5.94. The van der Waals surface area contributed by atoms with Gasteiger partial charge >= 0.3 is 6.03 Å². The van der Waals surface area contributed by atoms with Gasteiger partial charge in [0.25, 0.3) is 11.8 Å². The molecule has 1 aliphatic carbocycles. The van der Waals surface area contributed by atoms with Gasteiger partial charge in [0.1, 0.15) is 5.82 Å². The van der Waals surface area contributed by atoms with Crippen molar-refractivity contribution in [2.45, 2.75) is 18.9 Å². The maximum Gasteiger partial charge on any atom is 0.319 e. The van der Waals surface area contributed by atoms with Crippen LogP contribution in [0.25, 0.3) is 10.4 Å². The van der Waals surface area contributed by atoms with E-state index in [-0.39, 0.29) is 17.9 Å². The number of benzene rings is 2. The molecule has 31 heavy (non-hydrogen) atoms. The van der Waals surface area contributed by atoms with E-state index < -0.39 is 11.8 Å². The Morgan fingerprint density at radius 3 is 2.19 bits per heavy atom. The first-order chi connectivity index (χ1) is 15.0. The molecule has 1 fully saturated rings. The molecule has 1 saturated carbocycles. The van der Waals surface area contributed by atoms with E-state index in [1.807, 2.05) is 0 Å². The molecular weight excluding hydrogens is 419 g/mol. The summed E-state index contributed by atoms with van der Waals surface area (Å²) in [5.41, 5.74) is 6.43. The van der Waals surface area contributed by atoms with Gasteiger partial charge < -0.3 is 10.6 Å². The highest BCUT2D eigenvalue weighted by molar-refractivity contribution is 7.17. The lowest BCUT2D eigenvalue weighted by molar-refractivity contribution is 0.0849. The molecule has 2 aromatic carbocycles. The highest BCUT2D eigenvalue weighted by Crippen LogP contribution is 2.28. The third-order valence-electron chi connectivity index (χ3n) is 4.57. The Bertz CT molecular complexity index is 1110. The number of rotatable bonds is 5. The lowest BCUT2D eigenvalue weighted by atomic mass is 10.2. The summed E-state index contributed by atoms with van der Waals surface area (Å²) in [6.07, 6.45) is 1.99. The number of halogens is 1. The first kappa shape index (κ1) is 20.5. The van der Waals surface area contributed by atoms with Crippen LogP contribution in [0.1, 0.15) is 32.9 Å². The van der Waals surface area contributed by atoms with E-state index in [0.29, 0.717) is 16.1 Å². The maximum atomic E-state index is 13.1. The molecule has 4 amide bonds. The molecular formula is C22H19FN4O3S. The third-order valence-corrected chi connectivity index (χ3v) is 5.70. The molecule has 0 bridgehead atoms. The number of nitrogens with one attached hydrogen (secondary N) is 4. The van der Waals surface area contributed by atoms with Crippen molar-refractivity contribution in [3.63, 3.8) is 0 Å². The molecule has 0 atom stereocenters. The normalized spacial score (nSPS) is 12.7. The van der Waals surface area contributed by atoms with Gasteiger partial charge in [-0.3, -0.25) is 20.4 Å². The van der Waals surface area contributed by atoms with Crippen molar-refractivity contribution < 1.29 is 18.8 Å². The third kappa shape index (κ3) is 5.46. The standard InChI is InChI=1S/C22H19FN4O3S/c23-15-5-1-13(2-6-15)18-11-12-19(31-18)21(29)27-26-20(28)14-3-7-16(8-4-14)24-22(30)25-17-9-10-17/h1-8,11-12,17H,9-10H2,(H,26,28)(H,27,29)(H2,24,25,30). The largest absolute Gasteiger partial charge is 0.335 e. The summed E-state index contributed by atoms with van der Waals surface area (Å²) in [5, 5.41) is 5.51. The van der Waals surface area contributed by atoms with Gasteiger partial charge in [0.2, 0.25) is 0 Å². The highest BCUT2D eigenvalue weighted by Gasteiger charge is 2.23. The van der Waals surface area contributed by atoms with Crippen LogP contribution >= 0.6 is 11.3 Å². The summed E-state index contributed by atoms with van der Waals surface area (Å²) in [6.45, 7) is 0. The lowest BCUT2D eigenvalue weighted by Crippen LogP contribution is -2.41. The van der Waals surface area contributed by atoms with Crippen LogP contribution in [0.15, 0.2) is 60.7 Å². The molecule has 0 spiro atoms. The Labute approximate surface area is 181 Å². The second-order valence-corrected chi connectivity index (χ2v) is 8.11. The number of hydrogen-bond acceptors (Lipinski definition) is 4. The Balaban J connectivity index is 1.29. The number of hydrazine groups is 1. The minimum absolute atomic E-state index is 0.253. The number of amides is 4. The first-order valence-electron chi connectivity index (χ1n) is 9.62. The smallest absolute Gasteiger partial charge is 0.319 e. The van der Waals surface area contributed by atoms with Gasteiger partial charge in [-0.2, -0.15) is 0 Å². The molecule has 0 unspecified atom stereocenters.